The molecule has 2 N–H and O–H groups in total. The molecule has 13 heavy (non-hydrogen) atoms. The van der Waals surface area contributed by atoms with Crippen molar-refractivity contribution in [2.24, 2.45) is 5.92 Å². The Labute approximate surface area is 77.8 Å². The number of hydrogen-bond donors (Lipinski definition) is 2. The summed E-state index contributed by atoms with van der Waals surface area (Å²) in [5.74, 6) is 0.315. The molecule has 1 fully saturated rings. The molecular weight excluding hydrogens is 164 g/mol. The van der Waals surface area contributed by atoms with Gasteiger partial charge in [-0.25, -0.2) is 0 Å². The van der Waals surface area contributed by atoms with Gasteiger partial charge in [-0.15, -0.1) is 0 Å². The topological polar surface area (TPSA) is 40.5 Å². The summed E-state index contributed by atoms with van der Waals surface area (Å²) < 4.78 is 0. The third-order valence-corrected chi connectivity index (χ3v) is 2.57. The average molecular weight is 178 g/mol. The normalized spacial score (nSPS) is 21.1. The highest BCUT2D eigenvalue weighted by Gasteiger charge is 2.34. The molecule has 0 aliphatic heterocycles. The van der Waals surface area contributed by atoms with Gasteiger partial charge in [-0.1, -0.05) is 30.3 Å². The minimum Gasteiger partial charge on any atom is -0.390 e. The highest BCUT2D eigenvalue weighted by atomic mass is 16.3. The van der Waals surface area contributed by atoms with Crippen molar-refractivity contribution in [2.75, 3.05) is 0 Å². The summed E-state index contributed by atoms with van der Waals surface area (Å²) in [7, 11) is 0. The number of hydrogen-bond acceptors (Lipinski definition) is 2. The van der Waals surface area contributed by atoms with E-state index in [0.29, 0.717) is 5.92 Å². The van der Waals surface area contributed by atoms with Gasteiger partial charge in [0.25, 0.3) is 0 Å². The first-order chi connectivity index (χ1) is 6.29. The zero-order chi connectivity index (χ0) is 9.26. The van der Waals surface area contributed by atoms with Gasteiger partial charge in [0.1, 0.15) is 6.10 Å². The van der Waals surface area contributed by atoms with Crippen LogP contribution in [0, 0.1) is 5.92 Å². The molecule has 0 aromatic heterocycles. The van der Waals surface area contributed by atoms with E-state index in [1.54, 1.807) is 0 Å². The van der Waals surface area contributed by atoms with Gasteiger partial charge in [0.05, 0.1) is 6.10 Å². The molecule has 2 unspecified atom stereocenters. The van der Waals surface area contributed by atoms with Crippen LogP contribution in [-0.2, 0) is 0 Å². The third-order valence-electron chi connectivity index (χ3n) is 2.57. The quantitative estimate of drug-likeness (QED) is 0.736. The molecule has 2 nitrogen and oxygen atoms in total. The number of rotatable bonds is 3. The minimum absolute atomic E-state index is 0.315. The molecule has 2 atom stereocenters. The lowest BCUT2D eigenvalue weighted by Gasteiger charge is -2.17. The maximum absolute atomic E-state index is 9.75. The maximum Gasteiger partial charge on any atom is 0.105 e. The summed E-state index contributed by atoms with van der Waals surface area (Å²) in [4.78, 5) is 0. The van der Waals surface area contributed by atoms with Gasteiger partial charge in [-0.2, -0.15) is 0 Å². The van der Waals surface area contributed by atoms with E-state index >= 15 is 0 Å². The second-order valence-corrected chi connectivity index (χ2v) is 3.68. The SMILES string of the molecule is OC(c1ccccc1)C(O)C1CC1. The zero-order valence-corrected chi connectivity index (χ0v) is 7.43. The number of aliphatic hydroxyl groups excluding tert-OH is 2. The predicted molar refractivity (Wildman–Crippen MR) is 50.1 cm³/mol. The fraction of sp³-hybridized carbons (Fsp3) is 0.455. The molecule has 0 bridgehead atoms. The van der Waals surface area contributed by atoms with Crippen LogP contribution in [0.4, 0.5) is 0 Å². The minimum atomic E-state index is -0.714. The van der Waals surface area contributed by atoms with Crippen LogP contribution in [0.2, 0.25) is 0 Å². The predicted octanol–water partition coefficient (Wildman–Crippen LogP) is 1.49. The average Bonchev–Trinajstić information content (AvgIpc) is 3.00. The molecule has 1 saturated carbocycles. The fourth-order valence-electron chi connectivity index (χ4n) is 1.54. The molecule has 1 aliphatic carbocycles. The van der Waals surface area contributed by atoms with E-state index in [9.17, 15) is 10.2 Å². The molecule has 2 rings (SSSR count). The van der Waals surface area contributed by atoms with Gasteiger partial charge >= 0.3 is 0 Å². The number of aliphatic hydroxyl groups is 2. The molecule has 0 amide bonds. The molecule has 0 heterocycles. The van der Waals surface area contributed by atoms with E-state index in [0.717, 1.165) is 18.4 Å². The van der Waals surface area contributed by atoms with Crippen LogP contribution in [0.5, 0.6) is 0 Å². The summed E-state index contributed by atoms with van der Waals surface area (Å²) in [6, 6.07) is 9.34. The summed E-state index contributed by atoms with van der Waals surface area (Å²) in [5.41, 5.74) is 0.807. The van der Waals surface area contributed by atoms with E-state index in [4.69, 9.17) is 0 Å². The molecule has 2 heteroatoms. The van der Waals surface area contributed by atoms with Gasteiger partial charge in [0.2, 0.25) is 0 Å². The van der Waals surface area contributed by atoms with Gasteiger partial charge in [-0.05, 0) is 24.3 Å². The Bertz CT molecular complexity index is 267. The summed E-state index contributed by atoms with van der Waals surface area (Å²) >= 11 is 0. The zero-order valence-electron chi connectivity index (χ0n) is 7.43. The first-order valence-electron chi connectivity index (χ1n) is 4.70. The molecule has 1 aromatic rings. The van der Waals surface area contributed by atoms with Crippen LogP contribution >= 0.6 is 0 Å². The second-order valence-electron chi connectivity index (χ2n) is 3.68. The second kappa shape index (κ2) is 3.48. The number of benzene rings is 1. The highest BCUT2D eigenvalue weighted by Crippen LogP contribution is 2.37. The first-order valence-corrected chi connectivity index (χ1v) is 4.70. The van der Waals surface area contributed by atoms with Gasteiger partial charge in [0, 0.05) is 0 Å². The van der Waals surface area contributed by atoms with E-state index in [1.165, 1.54) is 0 Å². The largest absolute Gasteiger partial charge is 0.390 e. The van der Waals surface area contributed by atoms with Crippen molar-refractivity contribution in [1.29, 1.82) is 0 Å². The van der Waals surface area contributed by atoms with Crippen LogP contribution in [0.1, 0.15) is 24.5 Å². The van der Waals surface area contributed by atoms with Gasteiger partial charge in [-0.3, -0.25) is 0 Å². The Balaban J connectivity index is 2.07. The van der Waals surface area contributed by atoms with Crippen molar-refractivity contribution in [3.63, 3.8) is 0 Å². The highest BCUT2D eigenvalue weighted by molar-refractivity contribution is 5.18. The molecule has 1 aliphatic rings. The summed E-state index contributed by atoms with van der Waals surface area (Å²) in [6.07, 6.45) is 0.798. The Hall–Kier alpha value is -0.860. The molecule has 1 aromatic carbocycles. The molecule has 0 spiro atoms. The fourth-order valence-corrected chi connectivity index (χ4v) is 1.54. The van der Waals surface area contributed by atoms with Crippen molar-refractivity contribution >= 4 is 0 Å². The van der Waals surface area contributed by atoms with E-state index in [2.05, 4.69) is 0 Å². The van der Waals surface area contributed by atoms with E-state index < -0.39 is 12.2 Å². The lowest BCUT2D eigenvalue weighted by atomic mass is 10.0. The van der Waals surface area contributed by atoms with Crippen molar-refractivity contribution in [2.45, 2.75) is 25.0 Å². The Morgan fingerprint density at radius 2 is 1.69 bits per heavy atom. The Kier molecular flexibility index (Phi) is 2.34. The summed E-state index contributed by atoms with van der Waals surface area (Å²) in [5, 5.41) is 19.4. The monoisotopic (exact) mass is 178 g/mol. The standard InChI is InChI=1S/C11H14O2/c12-10(11(13)9-6-7-9)8-4-2-1-3-5-8/h1-5,9-13H,6-7H2. The lowest BCUT2D eigenvalue weighted by molar-refractivity contribution is 0.00485. The molecule has 0 saturated heterocycles. The maximum atomic E-state index is 9.75. The van der Waals surface area contributed by atoms with Crippen LogP contribution in [0.15, 0.2) is 30.3 Å². The van der Waals surface area contributed by atoms with Gasteiger partial charge in [0.15, 0.2) is 0 Å². The van der Waals surface area contributed by atoms with Gasteiger partial charge < -0.3 is 10.2 Å². The smallest absolute Gasteiger partial charge is 0.105 e. The molecular formula is C11H14O2. The Morgan fingerprint density at radius 3 is 2.23 bits per heavy atom. The van der Waals surface area contributed by atoms with Crippen LogP contribution in [-0.4, -0.2) is 16.3 Å². The van der Waals surface area contributed by atoms with E-state index in [1.807, 2.05) is 30.3 Å². The van der Waals surface area contributed by atoms with Crippen LogP contribution < -0.4 is 0 Å². The van der Waals surface area contributed by atoms with Crippen molar-refractivity contribution < 1.29 is 10.2 Å². The van der Waals surface area contributed by atoms with Crippen LogP contribution in [0.25, 0.3) is 0 Å². The van der Waals surface area contributed by atoms with Crippen molar-refractivity contribution in [3.05, 3.63) is 35.9 Å². The molecule has 0 radical (unpaired) electrons. The van der Waals surface area contributed by atoms with E-state index in [-0.39, 0.29) is 0 Å². The molecule has 70 valence electrons. The third kappa shape index (κ3) is 1.90. The van der Waals surface area contributed by atoms with Crippen LogP contribution in [0.3, 0.4) is 0 Å². The Morgan fingerprint density at radius 1 is 1.08 bits per heavy atom. The first kappa shape index (κ1) is 8.73. The van der Waals surface area contributed by atoms with Crippen molar-refractivity contribution in [3.8, 4) is 0 Å². The lowest BCUT2D eigenvalue weighted by Crippen LogP contribution is -2.20. The van der Waals surface area contributed by atoms with Crippen molar-refractivity contribution in [1.82, 2.24) is 0 Å². The summed E-state index contributed by atoms with van der Waals surface area (Å²) in [6.45, 7) is 0.